The molecule has 0 radical (unpaired) electrons. The van der Waals surface area contributed by atoms with E-state index in [1.807, 2.05) is 32.0 Å². The van der Waals surface area contributed by atoms with Gasteiger partial charge < -0.3 is 31.5 Å². The van der Waals surface area contributed by atoms with Gasteiger partial charge in [-0.25, -0.2) is 15.0 Å². The Morgan fingerprint density at radius 1 is 0.982 bits per heavy atom. The number of piperazine rings is 1. The summed E-state index contributed by atoms with van der Waals surface area (Å²) in [6.07, 6.45) is 7.19. The van der Waals surface area contributed by atoms with Gasteiger partial charge in [-0.1, -0.05) is 35.1 Å². The summed E-state index contributed by atoms with van der Waals surface area (Å²) in [7, 11) is 0. The molecule has 3 amide bonds. The van der Waals surface area contributed by atoms with Crippen LogP contribution in [-0.2, 0) is 4.79 Å². The number of benzene rings is 2. The number of hydrogen-bond donors (Lipinski definition) is 5. The van der Waals surface area contributed by atoms with Gasteiger partial charge in [0.2, 0.25) is 5.91 Å². The lowest BCUT2D eigenvalue weighted by Crippen LogP contribution is -2.48. The van der Waals surface area contributed by atoms with Crippen LogP contribution in [0.3, 0.4) is 0 Å². The first kappa shape index (κ1) is 38.6. The maximum absolute atomic E-state index is 12.9. The Morgan fingerprint density at radius 3 is 2.55 bits per heavy atom. The van der Waals surface area contributed by atoms with Crippen LogP contribution in [0, 0.1) is 26.2 Å². The van der Waals surface area contributed by atoms with Crippen molar-refractivity contribution in [2.24, 2.45) is 0 Å². The molecule has 1 saturated heterocycles. The number of thiazole rings is 1. The monoisotopic (exact) mass is 782 g/mol. The second-order valence-corrected chi connectivity index (χ2v) is 13.8. The van der Waals surface area contributed by atoms with Crippen LogP contribution < -0.4 is 31.5 Å². The average Bonchev–Trinajstić information content (AvgIpc) is 3.87. The molecule has 17 nitrogen and oxygen atoms in total. The van der Waals surface area contributed by atoms with Crippen LogP contribution >= 0.6 is 22.9 Å². The normalized spacial score (nSPS) is 12.8. The molecule has 2 aromatic carbocycles. The Morgan fingerprint density at radius 2 is 1.78 bits per heavy atom. The number of hydrogen-bond acceptors (Lipinski definition) is 14. The number of tetrazole rings is 1. The number of nitrogens with one attached hydrogen (secondary N) is 5. The van der Waals surface area contributed by atoms with Gasteiger partial charge in [0.1, 0.15) is 22.3 Å². The summed E-state index contributed by atoms with van der Waals surface area (Å²) in [4.78, 5) is 57.2. The van der Waals surface area contributed by atoms with E-state index in [-0.39, 0.29) is 24.2 Å². The highest BCUT2D eigenvalue weighted by Gasteiger charge is 2.21. The first-order chi connectivity index (χ1) is 26.6. The van der Waals surface area contributed by atoms with Crippen LogP contribution in [0.4, 0.5) is 28.1 Å². The molecule has 6 rings (SSSR count). The van der Waals surface area contributed by atoms with Crippen molar-refractivity contribution >= 4 is 68.8 Å². The number of para-hydroxylation sites is 1. The van der Waals surface area contributed by atoms with Crippen LogP contribution in [0.25, 0.3) is 5.69 Å². The van der Waals surface area contributed by atoms with Crippen molar-refractivity contribution in [2.45, 2.75) is 20.3 Å². The molecule has 19 heteroatoms. The molecule has 0 saturated carbocycles. The van der Waals surface area contributed by atoms with Crippen LogP contribution in [0.15, 0.2) is 54.7 Å². The minimum atomic E-state index is -0.417. The lowest BCUT2D eigenvalue weighted by molar-refractivity contribution is -0.119. The van der Waals surface area contributed by atoms with E-state index in [1.165, 1.54) is 22.3 Å². The van der Waals surface area contributed by atoms with E-state index < -0.39 is 5.91 Å². The first-order valence-corrected chi connectivity index (χ1v) is 18.6. The number of aryl methyl sites for hydroxylation is 2. The number of aromatic nitrogens is 7. The van der Waals surface area contributed by atoms with E-state index >= 15 is 0 Å². The van der Waals surface area contributed by atoms with Crippen molar-refractivity contribution in [3.63, 3.8) is 0 Å². The number of halogens is 1. The molecule has 0 atom stereocenters. The maximum Gasteiger partial charge on any atom is 0.292 e. The molecule has 5 aromatic rings. The van der Waals surface area contributed by atoms with Gasteiger partial charge in [-0.15, -0.1) is 27.3 Å². The molecule has 1 aliphatic heterocycles. The summed E-state index contributed by atoms with van der Waals surface area (Å²) >= 11 is 7.49. The van der Waals surface area contributed by atoms with Crippen LogP contribution in [-0.4, -0.2) is 110 Å². The van der Waals surface area contributed by atoms with Gasteiger partial charge in [0.25, 0.3) is 17.6 Å². The molecule has 5 N–H and O–H groups in total. The molecular formula is C36H39ClN14O3S. The van der Waals surface area contributed by atoms with E-state index in [2.05, 4.69) is 72.7 Å². The fourth-order valence-corrected chi connectivity index (χ4v) is 6.53. The molecule has 0 spiro atoms. The molecule has 4 heterocycles. The molecule has 55 heavy (non-hydrogen) atoms. The predicted octanol–water partition coefficient (Wildman–Crippen LogP) is 3.28. The van der Waals surface area contributed by atoms with Crippen molar-refractivity contribution < 1.29 is 14.4 Å². The van der Waals surface area contributed by atoms with E-state index in [0.29, 0.717) is 64.1 Å². The lowest BCUT2D eigenvalue weighted by Gasteiger charge is -2.35. The minimum absolute atomic E-state index is 0.0383. The number of nitrogens with zero attached hydrogens (tertiary/aromatic N) is 9. The van der Waals surface area contributed by atoms with Gasteiger partial charge in [-0.3, -0.25) is 19.3 Å². The zero-order valence-corrected chi connectivity index (χ0v) is 31.7. The fourth-order valence-electron chi connectivity index (χ4n) is 5.54. The summed E-state index contributed by atoms with van der Waals surface area (Å²) in [6.45, 7) is 8.32. The fraction of sp³-hybridized carbons (Fsp3) is 0.306. The zero-order valence-electron chi connectivity index (χ0n) is 30.2. The molecule has 0 unspecified atom stereocenters. The molecule has 0 bridgehead atoms. The van der Waals surface area contributed by atoms with E-state index in [0.717, 1.165) is 43.2 Å². The van der Waals surface area contributed by atoms with Crippen molar-refractivity contribution in [1.82, 2.24) is 50.7 Å². The first-order valence-electron chi connectivity index (χ1n) is 17.4. The highest BCUT2D eigenvalue weighted by molar-refractivity contribution is 7.17. The van der Waals surface area contributed by atoms with Gasteiger partial charge in [-0.05, 0) is 55.0 Å². The van der Waals surface area contributed by atoms with E-state index in [9.17, 15) is 14.4 Å². The topological polar surface area (TPSA) is 200 Å². The quantitative estimate of drug-likeness (QED) is 0.0767. The number of terminal acetylenes is 1. The molecule has 1 aliphatic rings. The predicted molar refractivity (Wildman–Crippen MR) is 211 cm³/mol. The number of anilines is 5. The van der Waals surface area contributed by atoms with Crippen molar-refractivity contribution in [3.8, 4) is 18.0 Å². The summed E-state index contributed by atoms with van der Waals surface area (Å²) in [5.74, 6) is 3.52. The third-order valence-corrected chi connectivity index (χ3v) is 9.65. The summed E-state index contributed by atoms with van der Waals surface area (Å²) in [6, 6.07) is 14.4. The maximum atomic E-state index is 12.9. The summed E-state index contributed by atoms with van der Waals surface area (Å²) in [5.41, 5.74) is 2.78. The van der Waals surface area contributed by atoms with Gasteiger partial charge in [0, 0.05) is 64.0 Å². The Bertz CT molecular complexity index is 2160. The Kier molecular flexibility index (Phi) is 12.8. The molecule has 0 aliphatic carbocycles. The number of rotatable bonds is 15. The molecule has 1 fully saturated rings. The third kappa shape index (κ3) is 10.5. The van der Waals surface area contributed by atoms with Crippen molar-refractivity contribution in [3.05, 3.63) is 81.8 Å². The van der Waals surface area contributed by atoms with Gasteiger partial charge >= 0.3 is 0 Å². The highest BCUT2D eigenvalue weighted by Crippen LogP contribution is 2.28. The number of carbonyl (C=O) groups is 3. The molecule has 284 valence electrons. The van der Waals surface area contributed by atoms with Gasteiger partial charge in [-0.2, -0.15) is 0 Å². The average molecular weight is 783 g/mol. The molecule has 3 aromatic heterocycles. The summed E-state index contributed by atoms with van der Waals surface area (Å²) in [5, 5.41) is 27.9. The smallest absolute Gasteiger partial charge is 0.292 e. The lowest BCUT2D eigenvalue weighted by atomic mass is 10.2. The van der Waals surface area contributed by atoms with Crippen LogP contribution in [0.1, 0.15) is 38.1 Å². The minimum Gasteiger partial charge on any atom is -0.376 e. The largest absolute Gasteiger partial charge is 0.376 e. The second-order valence-electron chi connectivity index (χ2n) is 12.4. The Hall–Kier alpha value is -6.16. The van der Waals surface area contributed by atoms with Gasteiger partial charge in [0.15, 0.2) is 5.13 Å². The highest BCUT2D eigenvalue weighted by atomic mass is 35.5. The Balaban J connectivity index is 0.931. The SMILES string of the molecule is C#CCCNC(=O)CNc1ccc(-n2nnc(C(=O)NCCN3CCN(c4cc(Nc5ncc(C(=O)Nc6c(C)cccc6Cl)s5)nc(C)n4)CC3)n2)cc1. The number of carbonyl (C=O) groups excluding carboxylic acids is 3. The van der Waals surface area contributed by atoms with E-state index in [4.69, 9.17) is 18.0 Å². The van der Waals surface area contributed by atoms with E-state index in [1.54, 1.807) is 30.3 Å². The summed E-state index contributed by atoms with van der Waals surface area (Å²) < 4.78 is 0. The van der Waals surface area contributed by atoms with Crippen LogP contribution in [0.2, 0.25) is 5.02 Å². The second kappa shape index (κ2) is 18.2. The number of amides is 3. The van der Waals surface area contributed by atoms with Crippen LogP contribution in [0.5, 0.6) is 0 Å². The zero-order chi connectivity index (χ0) is 38.7. The standard InChI is InChI=1S/C36H39ClN14O3S/c1-4-5-13-38-31(52)22-40-25-9-11-26(12-10-25)51-47-33(46-48-51)35(54)39-14-15-49-16-18-50(19-17-49)30-20-29(42-24(3)43-30)44-36-41-21-28(55-36)34(53)45-32-23(2)7-6-8-27(32)37/h1,6-12,20-21,40H,5,13-19,22H2,2-3H3,(H,38,52)(H,39,54)(H,45,53)(H,41,42,43,44). The van der Waals surface area contributed by atoms with Crippen molar-refractivity contribution in [1.29, 1.82) is 0 Å². The molecular weight excluding hydrogens is 744 g/mol. The van der Waals surface area contributed by atoms with Crippen molar-refractivity contribution in [2.75, 3.05) is 73.2 Å². The van der Waals surface area contributed by atoms with Gasteiger partial charge in [0.05, 0.1) is 29.1 Å². The third-order valence-electron chi connectivity index (χ3n) is 8.42. The Labute approximate surface area is 326 Å².